The first kappa shape index (κ1) is 20.2. The number of carbonyl (C=O) groups excluding carboxylic acids is 2. The lowest BCUT2D eigenvalue weighted by Crippen LogP contribution is -2.19. The Morgan fingerprint density at radius 1 is 1.21 bits per heavy atom. The van der Waals surface area contributed by atoms with Gasteiger partial charge in [0.25, 0.3) is 0 Å². The Morgan fingerprint density at radius 2 is 1.96 bits per heavy atom. The number of carbonyl (C=O) groups is 2. The van der Waals surface area contributed by atoms with Crippen LogP contribution >= 0.6 is 0 Å². The molecule has 0 fully saturated rings. The SMILES string of the molecule is Cc1cc2c(ncn2C)c2c1C(=O)CC(C)C(C)/C=C\C(=O)C(O)CC/C=C/2. The molecule has 1 aromatic heterocycles. The molecule has 0 spiro atoms. The molecule has 0 bridgehead atoms. The minimum Gasteiger partial charge on any atom is -0.385 e. The van der Waals surface area contributed by atoms with E-state index >= 15 is 0 Å². The molecule has 5 nitrogen and oxygen atoms in total. The highest BCUT2D eigenvalue weighted by Crippen LogP contribution is 2.29. The molecule has 28 heavy (non-hydrogen) atoms. The summed E-state index contributed by atoms with van der Waals surface area (Å²) in [5, 5.41) is 10.1. The summed E-state index contributed by atoms with van der Waals surface area (Å²) < 4.78 is 1.95. The summed E-state index contributed by atoms with van der Waals surface area (Å²) in [5.74, 6) is -0.0479. The molecular weight excluding hydrogens is 352 g/mol. The first-order valence-corrected chi connectivity index (χ1v) is 9.84. The number of hydrogen-bond acceptors (Lipinski definition) is 4. The third kappa shape index (κ3) is 3.99. The fourth-order valence-corrected chi connectivity index (χ4v) is 3.68. The quantitative estimate of drug-likeness (QED) is 0.749. The predicted octanol–water partition coefficient (Wildman–Crippen LogP) is 4.02. The van der Waals surface area contributed by atoms with E-state index in [0.29, 0.717) is 19.3 Å². The third-order valence-corrected chi connectivity index (χ3v) is 5.72. The second-order valence-electron chi connectivity index (χ2n) is 7.93. The van der Waals surface area contributed by atoms with Crippen molar-refractivity contribution in [2.24, 2.45) is 18.9 Å². The number of imidazole rings is 1. The first-order chi connectivity index (χ1) is 13.3. The molecule has 3 unspecified atom stereocenters. The minimum atomic E-state index is -1.00. The van der Waals surface area contributed by atoms with Gasteiger partial charge in [-0.1, -0.05) is 32.1 Å². The molecule has 1 aliphatic rings. The summed E-state index contributed by atoms with van der Waals surface area (Å²) in [6.07, 6.45) is 9.14. The summed E-state index contributed by atoms with van der Waals surface area (Å²) in [7, 11) is 1.94. The Bertz CT molecular complexity index is 968. The lowest BCUT2D eigenvalue weighted by Gasteiger charge is -2.18. The minimum absolute atomic E-state index is 0.0564. The Hall–Kier alpha value is -2.53. The summed E-state index contributed by atoms with van der Waals surface area (Å²) >= 11 is 0. The summed E-state index contributed by atoms with van der Waals surface area (Å²) in [6.45, 7) is 5.98. The summed E-state index contributed by atoms with van der Waals surface area (Å²) in [5.41, 5.74) is 4.28. The maximum atomic E-state index is 13.2. The highest BCUT2D eigenvalue weighted by Gasteiger charge is 2.22. The molecule has 0 radical (unpaired) electrons. The number of aromatic nitrogens is 2. The predicted molar refractivity (Wildman–Crippen MR) is 111 cm³/mol. The van der Waals surface area contributed by atoms with E-state index in [1.165, 1.54) is 6.08 Å². The molecule has 1 aliphatic carbocycles. The van der Waals surface area contributed by atoms with E-state index in [1.807, 2.05) is 50.6 Å². The normalized spacial score (nSPS) is 26.7. The standard InChI is InChI=1S/C23H28N2O3/c1-14-9-10-20(27)19(26)8-6-5-7-17-22(21(28)12-15(14)2)16(3)11-18-23(17)24-13-25(18)4/h5,7,9-11,13-15,19,26H,6,8,12H2,1-4H3/b7-5+,10-9-. The van der Waals surface area contributed by atoms with Crippen LogP contribution in [-0.4, -0.2) is 32.3 Å². The fraction of sp³-hybridized carbons (Fsp3) is 0.435. The zero-order valence-electron chi connectivity index (χ0n) is 17.0. The highest BCUT2D eigenvalue weighted by atomic mass is 16.3. The number of aliphatic hydroxyl groups is 1. The lowest BCUT2D eigenvalue weighted by molar-refractivity contribution is -0.122. The summed E-state index contributed by atoms with van der Waals surface area (Å²) in [4.78, 5) is 29.8. The van der Waals surface area contributed by atoms with Crippen molar-refractivity contribution in [3.05, 3.63) is 47.3 Å². The number of rotatable bonds is 0. The zero-order chi connectivity index (χ0) is 20.4. The molecule has 1 aromatic carbocycles. The number of aliphatic hydroxyl groups excluding tert-OH is 1. The first-order valence-electron chi connectivity index (χ1n) is 9.84. The number of benzene rings is 1. The van der Waals surface area contributed by atoms with Crippen molar-refractivity contribution >= 4 is 28.7 Å². The molecule has 0 saturated heterocycles. The number of Topliss-reactive ketones (excluding diaryl/α,β-unsaturated/α-hetero) is 1. The van der Waals surface area contributed by atoms with Crippen molar-refractivity contribution in [3.63, 3.8) is 0 Å². The van der Waals surface area contributed by atoms with Gasteiger partial charge in [0.15, 0.2) is 11.6 Å². The van der Waals surface area contributed by atoms with Crippen molar-refractivity contribution < 1.29 is 14.7 Å². The summed E-state index contributed by atoms with van der Waals surface area (Å²) in [6, 6.07) is 2.02. The van der Waals surface area contributed by atoms with Crippen LogP contribution in [0.4, 0.5) is 0 Å². The molecule has 2 aromatic rings. The van der Waals surface area contributed by atoms with Gasteiger partial charge < -0.3 is 9.67 Å². The van der Waals surface area contributed by atoms with Crippen LogP contribution in [0, 0.1) is 18.8 Å². The maximum Gasteiger partial charge on any atom is 0.183 e. The van der Waals surface area contributed by atoms with E-state index < -0.39 is 6.10 Å². The van der Waals surface area contributed by atoms with Crippen molar-refractivity contribution in [2.45, 2.75) is 46.1 Å². The highest BCUT2D eigenvalue weighted by molar-refractivity contribution is 6.06. The molecule has 5 heteroatoms. The van der Waals surface area contributed by atoms with Gasteiger partial charge in [0, 0.05) is 24.6 Å². The molecular formula is C23H28N2O3. The fourth-order valence-electron chi connectivity index (χ4n) is 3.68. The number of aryl methyl sites for hydroxylation is 2. The Morgan fingerprint density at radius 3 is 2.71 bits per heavy atom. The average molecular weight is 380 g/mol. The molecule has 3 rings (SSSR count). The maximum absolute atomic E-state index is 13.2. The Kier molecular flexibility index (Phi) is 5.94. The van der Waals surface area contributed by atoms with Crippen LogP contribution < -0.4 is 0 Å². The number of ketones is 2. The van der Waals surface area contributed by atoms with E-state index in [0.717, 1.165) is 27.7 Å². The largest absolute Gasteiger partial charge is 0.385 e. The molecule has 148 valence electrons. The van der Waals surface area contributed by atoms with E-state index in [1.54, 1.807) is 12.4 Å². The van der Waals surface area contributed by atoms with E-state index in [4.69, 9.17) is 0 Å². The van der Waals surface area contributed by atoms with E-state index in [-0.39, 0.29) is 23.4 Å². The second kappa shape index (κ2) is 8.23. The van der Waals surface area contributed by atoms with Crippen LogP contribution in [0.3, 0.4) is 0 Å². The van der Waals surface area contributed by atoms with Crippen LogP contribution in [0.25, 0.3) is 17.1 Å². The van der Waals surface area contributed by atoms with E-state index in [2.05, 4.69) is 4.98 Å². The number of allylic oxidation sites excluding steroid dienone is 2. The lowest BCUT2D eigenvalue weighted by atomic mass is 9.86. The second-order valence-corrected chi connectivity index (χ2v) is 7.93. The van der Waals surface area contributed by atoms with Gasteiger partial charge in [0.1, 0.15) is 6.10 Å². The molecule has 3 atom stereocenters. The van der Waals surface area contributed by atoms with Crippen LogP contribution in [0.2, 0.25) is 0 Å². The van der Waals surface area contributed by atoms with Gasteiger partial charge >= 0.3 is 0 Å². The molecule has 1 heterocycles. The van der Waals surface area contributed by atoms with Crippen LogP contribution in [0.5, 0.6) is 0 Å². The van der Waals surface area contributed by atoms with Gasteiger partial charge in [-0.05, 0) is 49.3 Å². The van der Waals surface area contributed by atoms with Crippen molar-refractivity contribution in [1.82, 2.24) is 9.55 Å². The van der Waals surface area contributed by atoms with Crippen molar-refractivity contribution in [3.8, 4) is 0 Å². The molecule has 0 amide bonds. The average Bonchev–Trinajstić information content (AvgIpc) is 3.02. The van der Waals surface area contributed by atoms with Crippen molar-refractivity contribution in [2.75, 3.05) is 0 Å². The van der Waals surface area contributed by atoms with Gasteiger partial charge in [-0.3, -0.25) is 9.59 Å². The Balaban J connectivity index is 2.11. The topological polar surface area (TPSA) is 72.2 Å². The van der Waals surface area contributed by atoms with Crippen molar-refractivity contribution in [1.29, 1.82) is 0 Å². The smallest absolute Gasteiger partial charge is 0.183 e. The monoisotopic (exact) mass is 380 g/mol. The Labute approximate surface area is 165 Å². The number of hydrogen-bond donors (Lipinski definition) is 1. The number of nitrogens with zero attached hydrogens (tertiary/aromatic N) is 2. The number of fused-ring (bicyclic) bond motifs is 3. The van der Waals surface area contributed by atoms with Gasteiger partial charge in [-0.25, -0.2) is 4.98 Å². The van der Waals surface area contributed by atoms with E-state index in [9.17, 15) is 14.7 Å². The zero-order valence-corrected chi connectivity index (χ0v) is 17.0. The van der Waals surface area contributed by atoms with Crippen LogP contribution in [0.1, 0.15) is 54.6 Å². The van der Waals surface area contributed by atoms with Crippen LogP contribution in [-0.2, 0) is 11.8 Å². The molecule has 0 aliphatic heterocycles. The van der Waals surface area contributed by atoms with Gasteiger partial charge in [0.2, 0.25) is 0 Å². The molecule has 0 saturated carbocycles. The van der Waals surface area contributed by atoms with Gasteiger partial charge in [-0.15, -0.1) is 0 Å². The van der Waals surface area contributed by atoms with Gasteiger partial charge in [-0.2, -0.15) is 0 Å². The van der Waals surface area contributed by atoms with Gasteiger partial charge in [0.05, 0.1) is 17.4 Å². The third-order valence-electron chi connectivity index (χ3n) is 5.72. The molecule has 1 N–H and O–H groups in total. The van der Waals surface area contributed by atoms with Crippen LogP contribution in [0.15, 0.2) is 30.6 Å².